The van der Waals surface area contributed by atoms with Gasteiger partial charge in [-0.05, 0) is 64.4 Å². The predicted octanol–water partition coefficient (Wildman–Crippen LogP) is 5.42. The van der Waals surface area contributed by atoms with Gasteiger partial charge in [0, 0.05) is 11.4 Å². The Morgan fingerprint density at radius 2 is 1.45 bits per heavy atom. The largest absolute Gasteiger partial charge is 0.351 e. The Morgan fingerprint density at radius 1 is 0.871 bits per heavy atom. The molecule has 4 aromatic rings. The summed E-state index contributed by atoms with van der Waals surface area (Å²) < 4.78 is 0. The Hall–Kier alpha value is -3.70. The van der Waals surface area contributed by atoms with E-state index < -0.39 is 0 Å². The van der Waals surface area contributed by atoms with Gasteiger partial charge in [0.1, 0.15) is 0 Å². The Bertz CT molecular complexity index is 1310. The second-order valence-electron chi connectivity index (χ2n) is 7.62. The highest BCUT2D eigenvalue weighted by Gasteiger charge is 2.32. The highest BCUT2D eigenvalue weighted by molar-refractivity contribution is 7.80. The second-order valence-corrected chi connectivity index (χ2v) is 8.03. The van der Waals surface area contributed by atoms with Crippen LogP contribution in [0.15, 0.2) is 96.2 Å². The zero-order valence-electron chi connectivity index (χ0n) is 17.0. The Morgan fingerprint density at radius 3 is 2.10 bits per heavy atom. The molecule has 1 aliphatic heterocycles. The summed E-state index contributed by atoms with van der Waals surface area (Å²) in [6.07, 6.45) is 0. The lowest BCUT2D eigenvalue weighted by Gasteiger charge is -2.32. The number of para-hydroxylation sites is 1. The molecule has 0 radical (unpaired) electrons. The Labute approximate surface area is 186 Å². The monoisotopic (exact) mass is 423 g/mol. The molecule has 0 saturated heterocycles. The average molecular weight is 424 g/mol. The summed E-state index contributed by atoms with van der Waals surface area (Å²) in [5.41, 5.74) is 3.18. The van der Waals surface area contributed by atoms with E-state index in [1.807, 2.05) is 61.5 Å². The standard InChI is InChI=1S/C26H21N3OS/c1-16-22(25(30)28-19-11-3-2-4-12-19)24(29-26(31)27-16)23-20-13-7-5-9-17(20)15-18-10-6-8-14-21(18)23/h2-15,24H,1H3,(H,28,30)(H2,27,29,31)/t24-/m1/s1. The molecule has 1 amide bonds. The molecule has 152 valence electrons. The fraction of sp³-hybridized carbons (Fsp3) is 0.0769. The third-order valence-electron chi connectivity index (χ3n) is 5.65. The van der Waals surface area contributed by atoms with Gasteiger partial charge in [-0.25, -0.2) is 0 Å². The van der Waals surface area contributed by atoms with Crippen LogP contribution in [0.25, 0.3) is 21.5 Å². The summed E-state index contributed by atoms with van der Waals surface area (Å²) in [7, 11) is 0. The van der Waals surface area contributed by atoms with Crippen molar-refractivity contribution in [3.63, 3.8) is 0 Å². The van der Waals surface area contributed by atoms with Crippen LogP contribution in [0.3, 0.4) is 0 Å². The normalized spacial score (nSPS) is 16.2. The molecular formula is C26H21N3OS. The van der Waals surface area contributed by atoms with Gasteiger partial charge in [-0.3, -0.25) is 4.79 Å². The topological polar surface area (TPSA) is 53.2 Å². The average Bonchev–Trinajstić information content (AvgIpc) is 2.77. The van der Waals surface area contributed by atoms with Crippen molar-refractivity contribution in [2.24, 2.45) is 0 Å². The maximum absolute atomic E-state index is 13.4. The third kappa shape index (κ3) is 3.53. The number of allylic oxidation sites excluding steroid dienone is 1. The summed E-state index contributed by atoms with van der Waals surface area (Å²) in [6.45, 7) is 1.90. The number of carbonyl (C=O) groups excluding carboxylic acids is 1. The number of amides is 1. The van der Waals surface area contributed by atoms with E-state index in [0.29, 0.717) is 10.7 Å². The first kappa shape index (κ1) is 19.3. The summed E-state index contributed by atoms with van der Waals surface area (Å²) >= 11 is 5.49. The number of hydrogen-bond acceptors (Lipinski definition) is 2. The maximum Gasteiger partial charge on any atom is 0.255 e. The number of thiocarbonyl (C=S) groups is 1. The smallest absolute Gasteiger partial charge is 0.255 e. The molecule has 3 N–H and O–H groups in total. The summed E-state index contributed by atoms with van der Waals surface area (Å²) in [4.78, 5) is 13.4. The molecule has 4 nitrogen and oxygen atoms in total. The number of benzene rings is 4. The SMILES string of the molecule is CC1=C(C(=O)Nc2ccccc2)[C@H](c2c3ccccc3cc3ccccc23)NC(=S)N1. The van der Waals surface area contributed by atoms with Crippen molar-refractivity contribution < 1.29 is 4.79 Å². The molecule has 1 heterocycles. The van der Waals surface area contributed by atoms with Crippen molar-refractivity contribution in [1.29, 1.82) is 0 Å². The fourth-order valence-corrected chi connectivity index (χ4v) is 4.56. The number of fused-ring (bicyclic) bond motifs is 2. The molecule has 5 rings (SSSR count). The quantitative estimate of drug-likeness (QED) is 0.304. The van der Waals surface area contributed by atoms with E-state index in [-0.39, 0.29) is 11.9 Å². The van der Waals surface area contributed by atoms with Gasteiger partial charge in [-0.1, -0.05) is 66.7 Å². The molecule has 0 fully saturated rings. The second kappa shape index (κ2) is 7.85. The summed E-state index contributed by atoms with van der Waals surface area (Å²) in [5.74, 6) is -0.159. The molecular weight excluding hydrogens is 402 g/mol. The van der Waals surface area contributed by atoms with Gasteiger partial charge in [-0.15, -0.1) is 0 Å². The van der Waals surface area contributed by atoms with E-state index in [1.165, 1.54) is 0 Å². The van der Waals surface area contributed by atoms with Crippen LogP contribution in [0.5, 0.6) is 0 Å². The Kier molecular flexibility index (Phi) is 4.88. The van der Waals surface area contributed by atoms with E-state index in [9.17, 15) is 4.79 Å². The maximum atomic E-state index is 13.4. The highest BCUT2D eigenvalue weighted by atomic mass is 32.1. The summed E-state index contributed by atoms with van der Waals surface area (Å²) in [5, 5.41) is 14.5. The van der Waals surface area contributed by atoms with E-state index in [2.05, 4.69) is 46.3 Å². The first-order valence-electron chi connectivity index (χ1n) is 10.2. The fourth-order valence-electron chi connectivity index (χ4n) is 4.29. The number of anilines is 1. The van der Waals surface area contributed by atoms with Crippen molar-refractivity contribution in [3.8, 4) is 0 Å². The van der Waals surface area contributed by atoms with Crippen molar-refractivity contribution in [2.75, 3.05) is 5.32 Å². The van der Waals surface area contributed by atoms with Gasteiger partial charge in [0.2, 0.25) is 0 Å². The number of carbonyl (C=O) groups is 1. The summed E-state index contributed by atoms with van der Waals surface area (Å²) in [6, 6.07) is 27.8. The highest BCUT2D eigenvalue weighted by Crippen LogP contribution is 2.38. The lowest BCUT2D eigenvalue weighted by Crippen LogP contribution is -2.45. The first-order valence-corrected chi connectivity index (χ1v) is 10.6. The molecule has 0 aliphatic carbocycles. The molecule has 31 heavy (non-hydrogen) atoms. The minimum Gasteiger partial charge on any atom is -0.351 e. The minimum absolute atomic E-state index is 0.159. The molecule has 5 heteroatoms. The van der Waals surface area contributed by atoms with Crippen LogP contribution in [0, 0.1) is 0 Å². The Balaban J connectivity index is 1.72. The van der Waals surface area contributed by atoms with E-state index in [1.54, 1.807) is 0 Å². The van der Waals surface area contributed by atoms with Crippen molar-refractivity contribution in [3.05, 3.63) is 102 Å². The van der Waals surface area contributed by atoms with Crippen LogP contribution in [-0.4, -0.2) is 11.0 Å². The third-order valence-corrected chi connectivity index (χ3v) is 5.87. The molecule has 0 spiro atoms. The van der Waals surface area contributed by atoms with Crippen molar-refractivity contribution in [1.82, 2.24) is 10.6 Å². The molecule has 1 atom stereocenters. The van der Waals surface area contributed by atoms with Gasteiger partial charge in [0.15, 0.2) is 5.11 Å². The molecule has 4 aromatic carbocycles. The first-order chi connectivity index (χ1) is 15.1. The van der Waals surface area contributed by atoms with Crippen LogP contribution >= 0.6 is 12.2 Å². The van der Waals surface area contributed by atoms with Crippen molar-refractivity contribution in [2.45, 2.75) is 13.0 Å². The number of rotatable bonds is 3. The van der Waals surface area contributed by atoms with Gasteiger partial charge < -0.3 is 16.0 Å². The van der Waals surface area contributed by atoms with E-state index in [4.69, 9.17) is 12.2 Å². The minimum atomic E-state index is -0.381. The zero-order valence-corrected chi connectivity index (χ0v) is 17.8. The van der Waals surface area contributed by atoms with Gasteiger partial charge >= 0.3 is 0 Å². The van der Waals surface area contributed by atoms with Crippen LogP contribution in [0.1, 0.15) is 18.5 Å². The number of hydrogen-bond donors (Lipinski definition) is 3. The van der Waals surface area contributed by atoms with Crippen molar-refractivity contribution >= 4 is 50.5 Å². The van der Waals surface area contributed by atoms with Crippen LogP contribution < -0.4 is 16.0 Å². The predicted molar refractivity (Wildman–Crippen MR) is 131 cm³/mol. The number of nitrogens with one attached hydrogen (secondary N) is 3. The zero-order chi connectivity index (χ0) is 21.4. The lowest BCUT2D eigenvalue weighted by molar-refractivity contribution is -0.113. The van der Waals surface area contributed by atoms with Gasteiger partial charge in [0.05, 0.1) is 11.6 Å². The van der Waals surface area contributed by atoms with Gasteiger partial charge in [0.25, 0.3) is 5.91 Å². The molecule has 0 aromatic heterocycles. The molecule has 0 saturated carbocycles. The molecule has 0 bridgehead atoms. The van der Waals surface area contributed by atoms with E-state index in [0.717, 1.165) is 38.5 Å². The van der Waals surface area contributed by atoms with Crippen LogP contribution in [0.4, 0.5) is 5.69 Å². The van der Waals surface area contributed by atoms with Crippen LogP contribution in [-0.2, 0) is 4.79 Å². The van der Waals surface area contributed by atoms with Gasteiger partial charge in [-0.2, -0.15) is 0 Å². The molecule has 0 unspecified atom stereocenters. The van der Waals surface area contributed by atoms with E-state index >= 15 is 0 Å². The lowest BCUT2D eigenvalue weighted by atomic mass is 9.87. The van der Waals surface area contributed by atoms with Crippen LogP contribution in [0.2, 0.25) is 0 Å². The molecule has 1 aliphatic rings.